The Hall–Kier alpha value is -1.57. The Labute approximate surface area is 137 Å². The number of nitrogens with zero attached hydrogens (tertiary/aromatic N) is 3. The number of aromatic amines is 1. The van der Waals surface area contributed by atoms with Crippen LogP contribution in [0.4, 0.5) is 0 Å². The number of ether oxygens (including phenoxy) is 1. The number of methoxy groups -OCH3 is 1. The third-order valence-electron chi connectivity index (χ3n) is 2.87. The first kappa shape index (κ1) is 14.4. The smallest absolute Gasteiger partial charge is 0.357 e. The molecule has 3 aromatic rings. The second kappa shape index (κ2) is 5.32. The van der Waals surface area contributed by atoms with E-state index in [0.29, 0.717) is 31.6 Å². The molecule has 0 aliphatic rings. The van der Waals surface area contributed by atoms with Crippen LogP contribution in [0.1, 0.15) is 10.5 Å². The Morgan fingerprint density at radius 1 is 1.33 bits per heavy atom. The molecule has 0 aliphatic carbocycles. The van der Waals surface area contributed by atoms with Gasteiger partial charge in [0.2, 0.25) is 0 Å². The molecule has 2 heterocycles. The number of carbonyl (C=O) groups excluding carboxylic acids is 1. The summed E-state index contributed by atoms with van der Waals surface area (Å²) in [5.41, 5.74) is 1.43. The topological polar surface area (TPSA) is 72.3 Å². The molecule has 1 N–H and O–H groups in total. The number of halogens is 3. The Kier molecular flexibility index (Phi) is 3.64. The molecule has 0 spiro atoms. The highest BCUT2D eigenvalue weighted by molar-refractivity contribution is 9.10. The van der Waals surface area contributed by atoms with Gasteiger partial charge in [-0.2, -0.15) is 0 Å². The van der Waals surface area contributed by atoms with Gasteiger partial charge in [0.05, 0.1) is 21.6 Å². The Bertz CT molecular complexity index is 858. The van der Waals surface area contributed by atoms with Crippen LogP contribution in [0.5, 0.6) is 0 Å². The Morgan fingerprint density at radius 2 is 2.10 bits per heavy atom. The number of aromatic nitrogens is 4. The van der Waals surface area contributed by atoms with Gasteiger partial charge in [-0.05, 0) is 34.1 Å². The van der Waals surface area contributed by atoms with Gasteiger partial charge >= 0.3 is 5.97 Å². The van der Waals surface area contributed by atoms with E-state index >= 15 is 0 Å². The fourth-order valence-corrected chi connectivity index (χ4v) is 2.67. The lowest BCUT2D eigenvalue weighted by atomic mass is 10.2. The zero-order valence-electron chi connectivity index (χ0n) is 10.5. The fraction of sp³-hybridized carbons (Fsp3) is 0.0833. The number of nitrogens with one attached hydrogen (secondary N) is 1. The summed E-state index contributed by atoms with van der Waals surface area (Å²) < 4.78 is 6.74. The lowest BCUT2D eigenvalue weighted by Gasteiger charge is -2.00. The summed E-state index contributed by atoms with van der Waals surface area (Å²) in [5.74, 6) is -0.00752. The number of hydrogen-bond acceptors (Lipinski definition) is 4. The summed E-state index contributed by atoms with van der Waals surface area (Å²) in [4.78, 5) is 11.7. The molecule has 0 bridgehead atoms. The third kappa shape index (κ3) is 2.31. The summed E-state index contributed by atoms with van der Waals surface area (Å²) in [6, 6.07) is 5.10. The third-order valence-corrected chi connectivity index (χ3v) is 4.36. The van der Waals surface area contributed by atoms with Crippen molar-refractivity contribution >= 4 is 50.7 Å². The molecule has 0 fully saturated rings. The maximum absolute atomic E-state index is 11.7. The van der Waals surface area contributed by atoms with Crippen molar-refractivity contribution in [2.45, 2.75) is 0 Å². The summed E-state index contributed by atoms with van der Waals surface area (Å²) in [6.45, 7) is 0. The summed E-state index contributed by atoms with van der Waals surface area (Å²) in [7, 11) is 1.30. The average molecular weight is 390 g/mol. The van der Waals surface area contributed by atoms with Crippen molar-refractivity contribution in [2.75, 3.05) is 7.11 Å². The fourth-order valence-electron chi connectivity index (χ4n) is 1.86. The van der Waals surface area contributed by atoms with Gasteiger partial charge in [-0.25, -0.2) is 9.31 Å². The molecule has 0 amide bonds. The molecule has 108 valence electrons. The number of rotatable bonds is 2. The van der Waals surface area contributed by atoms with Gasteiger partial charge in [0.1, 0.15) is 0 Å². The molecule has 0 atom stereocenters. The average Bonchev–Trinajstić information content (AvgIpc) is 3.02. The van der Waals surface area contributed by atoms with Crippen molar-refractivity contribution in [3.8, 4) is 11.4 Å². The molecule has 21 heavy (non-hydrogen) atoms. The van der Waals surface area contributed by atoms with Crippen molar-refractivity contribution in [3.05, 3.63) is 38.4 Å². The second-order valence-electron chi connectivity index (χ2n) is 4.10. The van der Waals surface area contributed by atoms with Crippen molar-refractivity contribution in [3.63, 3.8) is 0 Å². The molecule has 0 radical (unpaired) electrons. The zero-order chi connectivity index (χ0) is 15.1. The largest absolute Gasteiger partial charge is 0.464 e. The van der Waals surface area contributed by atoms with E-state index in [0.717, 1.165) is 0 Å². The maximum atomic E-state index is 11.7. The van der Waals surface area contributed by atoms with Crippen LogP contribution in [0.3, 0.4) is 0 Å². The predicted octanol–water partition coefficient (Wildman–Crippen LogP) is 3.58. The molecular formula is C12H7BrCl2N4O2. The molecule has 1 aromatic carbocycles. The monoisotopic (exact) mass is 388 g/mol. The van der Waals surface area contributed by atoms with E-state index in [4.69, 9.17) is 27.9 Å². The van der Waals surface area contributed by atoms with Crippen LogP contribution in [0.2, 0.25) is 10.0 Å². The number of fused-ring (bicyclic) bond motifs is 1. The van der Waals surface area contributed by atoms with Gasteiger partial charge < -0.3 is 4.74 Å². The summed E-state index contributed by atoms with van der Waals surface area (Å²) in [6.07, 6.45) is 0. The van der Waals surface area contributed by atoms with Crippen molar-refractivity contribution in [1.82, 2.24) is 19.8 Å². The highest BCUT2D eigenvalue weighted by Crippen LogP contribution is 2.30. The normalized spacial score (nSPS) is 11.0. The number of esters is 1. The van der Waals surface area contributed by atoms with Crippen LogP contribution in [0, 0.1) is 0 Å². The molecule has 3 rings (SSSR count). The van der Waals surface area contributed by atoms with Gasteiger partial charge in [-0.15, -0.1) is 10.2 Å². The van der Waals surface area contributed by atoms with Crippen LogP contribution < -0.4 is 0 Å². The van der Waals surface area contributed by atoms with Crippen LogP contribution >= 0.6 is 39.1 Å². The zero-order valence-corrected chi connectivity index (χ0v) is 13.6. The van der Waals surface area contributed by atoms with Gasteiger partial charge in [0.15, 0.2) is 17.2 Å². The molecule has 9 heteroatoms. The van der Waals surface area contributed by atoms with Crippen molar-refractivity contribution in [1.29, 1.82) is 0 Å². The molecule has 0 saturated carbocycles. The van der Waals surface area contributed by atoms with Crippen LogP contribution in [-0.2, 0) is 4.74 Å². The van der Waals surface area contributed by atoms with E-state index in [1.54, 1.807) is 22.7 Å². The minimum absolute atomic E-state index is 0.253. The lowest BCUT2D eigenvalue weighted by Crippen LogP contribution is -2.03. The predicted molar refractivity (Wildman–Crippen MR) is 81.8 cm³/mol. The second-order valence-corrected chi connectivity index (χ2v) is 5.71. The SMILES string of the molecule is COC(=O)c1[nH]n2c(-c3ccc(Cl)c(Cl)c3)nnc2c1Br. The molecular weight excluding hydrogens is 383 g/mol. The van der Waals surface area contributed by atoms with E-state index in [1.807, 2.05) is 0 Å². The number of carbonyl (C=O) groups is 1. The van der Waals surface area contributed by atoms with E-state index in [-0.39, 0.29) is 5.69 Å². The van der Waals surface area contributed by atoms with Gasteiger partial charge in [-0.3, -0.25) is 5.10 Å². The molecule has 0 unspecified atom stereocenters. The summed E-state index contributed by atoms with van der Waals surface area (Å²) >= 11 is 15.2. The lowest BCUT2D eigenvalue weighted by molar-refractivity contribution is 0.0592. The highest BCUT2D eigenvalue weighted by Gasteiger charge is 2.21. The molecule has 0 saturated heterocycles. The molecule has 6 nitrogen and oxygen atoms in total. The number of H-pyrrole nitrogens is 1. The van der Waals surface area contributed by atoms with Crippen molar-refractivity contribution in [2.24, 2.45) is 0 Å². The number of hydrogen-bond donors (Lipinski definition) is 1. The molecule has 2 aromatic heterocycles. The first-order chi connectivity index (χ1) is 10.0. The minimum atomic E-state index is -0.507. The maximum Gasteiger partial charge on any atom is 0.357 e. The van der Waals surface area contributed by atoms with E-state index < -0.39 is 5.97 Å². The first-order valence-corrected chi connectivity index (χ1v) is 7.24. The number of benzene rings is 1. The van der Waals surface area contributed by atoms with Gasteiger partial charge in [0, 0.05) is 5.56 Å². The van der Waals surface area contributed by atoms with Crippen molar-refractivity contribution < 1.29 is 9.53 Å². The van der Waals surface area contributed by atoms with Crippen LogP contribution in [0.25, 0.3) is 17.0 Å². The van der Waals surface area contributed by atoms with E-state index in [2.05, 4.69) is 31.2 Å². The van der Waals surface area contributed by atoms with Gasteiger partial charge in [0.25, 0.3) is 0 Å². The summed E-state index contributed by atoms with van der Waals surface area (Å²) in [5, 5.41) is 11.9. The Balaban J connectivity index is 2.20. The van der Waals surface area contributed by atoms with Crippen LogP contribution in [-0.4, -0.2) is 32.9 Å². The quantitative estimate of drug-likeness (QED) is 0.680. The first-order valence-electron chi connectivity index (χ1n) is 5.69. The van der Waals surface area contributed by atoms with E-state index in [1.165, 1.54) is 7.11 Å². The van der Waals surface area contributed by atoms with E-state index in [9.17, 15) is 4.79 Å². The van der Waals surface area contributed by atoms with Crippen LogP contribution in [0.15, 0.2) is 22.7 Å². The molecule has 0 aliphatic heterocycles. The minimum Gasteiger partial charge on any atom is -0.464 e. The van der Waals surface area contributed by atoms with Gasteiger partial charge in [-0.1, -0.05) is 23.2 Å². The highest BCUT2D eigenvalue weighted by atomic mass is 79.9. The Morgan fingerprint density at radius 3 is 2.76 bits per heavy atom. The standard InChI is InChI=1S/C12H7BrCl2N4O2/c1-21-12(20)9-8(13)11-17-16-10(19(11)18-9)5-2-3-6(14)7(15)4-5/h2-4,18H,1H3.